The number of hydrogen-bond acceptors (Lipinski definition) is 15. The van der Waals surface area contributed by atoms with E-state index in [1.54, 1.807) is 0 Å². The fourth-order valence-corrected chi connectivity index (χ4v) is 13.7. The maximum Gasteiger partial charge on any atom is 0.472 e. The van der Waals surface area contributed by atoms with Crippen LogP contribution in [0.5, 0.6) is 0 Å². The van der Waals surface area contributed by atoms with Gasteiger partial charge < -0.3 is 33.8 Å². The van der Waals surface area contributed by atoms with Gasteiger partial charge in [0.25, 0.3) is 0 Å². The summed E-state index contributed by atoms with van der Waals surface area (Å²) < 4.78 is 68.6. The van der Waals surface area contributed by atoms with E-state index in [0.29, 0.717) is 31.6 Å². The van der Waals surface area contributed by atoms with Crippen molar-refractivity contribution in [2.24, 2.45) is 11.8 Å². The second kappa shape index (κ2) is 70.7. The highest BCUT2D eigenvalue weighted by molar-refractivity contribution is 7.47. The van der Waals surface area contributed by atoms with Crippen molar-refractivity contribution < 1.29 is 80.2 Å². The maximum atomic E-state index is 13.1. The molecule has 0 aromatic rings. The van der Waals surface area contributed by atoms with Crippen molar-refractivity contribution in [1.82, 2.24) is 0 Å². The van der Waals surface area contributed by atoms with Crippen LogP contribution in [0.3, 0.4) is 0 Å². The maximum absolute atomic E-state index is 13.1. The molecule has 3 N–H and O–H groups in total. The van der Waals surface area contributed by atoms with E-state index in [2.05, 4.69) is 41.5 Å². The normalized spacial score (nSPS) is 14.2. The van der Waals surface area contributed by atoms with Gasteiger partial charge in [0.05, 0.1) is 26.4 Å². The molecule has 0 aromatic heterocycles. The second-order valence-electron chi connectivity index (χ2n) is 29.2. The fraction of sp³-hybridized carbons (Fsp3) is 0.949. The number of phosphoric acid groups is 2. The number of aliphatic hydroxyl groups excluding tert-OH is 1. The summed E-state index contributed by atoms with van der Waals surface area (Å²) in [4.78, 5) is 72.9. The van der Waals surface area contributed by atoms with Crippen LogP contribution in [-0.4, -0.2) is 96.7 Å². The Labute approximate surface area is 600 Å². The highest BCUT2D eigenvalue weighted by Crippen LogP contribution is 2.45. The predicted octanol–water partition coefficient (Wildman–Crippen LogP) is 23.5. The van der Waals surface area contributed by atoms with Gasteiger partial charge in [0, 0.05) is 25.7 Å². The molecule has 98 heavy (non-hydrogen) atoms. The van der Waals surface area contributed by atoms with Crippen molar-refractivity contribution in [3.05, 3.63) is 0 Å². The Balaban J connectivity index is 5.24. The molecular weight excluding hydrogens is 1280 g/mol. The first-order valence-corrected chi connectivity index (χ1v) is 44.0. The number of ether oxygens (including phenoxy) is 4. The molecule has 0 aliphatic carbocycles. The second-order valence-corrected chi connectivity index (χ2v) is 32.1. The quantitative estimate of drug-likeness (QED) is 0.0222. The van der Waals surface area contributed by atoms with Crippen LogP contribution in [0.4, 0.5) is 0 Å². The van der Waals surface area contributed by atoms with Gasteiger partial charge in [-0.05, 0) is 37.5 Å². The topological polar surface area (TPSA) is 237 Å². The zero-order chi connectivity index (χ0) is 72.1. The van der Waals surface area contributed by atoms with Crippen molar-refractivity contribution in [1.29, 1.82) is 0 Å². The van der Waals surface area contributed by atoms with Crippen molar-refractivity contribution >= 4 is 39.5 Å². The Morgan fingerprint density at radius 1 is 0.296 bits per heavy atom. The lowest BCUT2D eigenvalue weighted by Crippen LogP contribution is -2.30. The van der Waals surface area contributed by atoms with Crippen LogP contribution in [0.1, 0.15) is 414 Å². The molecule has 0 spiro atoms. The zero-order valence-electron chi connectivity index (χ0n) is 64.1. The number of hydrogen-bond donors (Lipinski definition) is 3. The van der Waals surface area contributed by atoms with E-state index in [1.165, 1.54) is 225 Å². The number of carbonyl (C=O) groups is 4. The standard InChI is InChI=1S/C79H154O17P2/c1-7-10-12-14-16-18-20-22-24-25-26-27-29-31-33-38-44-51-57-63-78(83)95-74(67-89-76(81)61-55-49-43-37-32-30-28-23-21-19-17-15-13-11-8-2)69-93-97(85,86)91-65-73(80)66-92-98(87,88)94-70-75(68-90-77(82)62-56-50-46-40-41-47-53-59-71(4)5)96-79(84)64-58-52-45-39-35-34-36-42-48-54-60-72(6)9-3/h71-75,80H,7-70H2,1-6H3,(H,85,86)(H,87,88)/t72?,73-,74-,75-/m1/s1. The van der Waals surface area contributed by atoms with Crippen molar-refractivity contribution in [3.63, 3.8) is 0 Å². The van der Waals surface area contributed by atoms with Gasteiger partial charge in [0.15, 0.2) is 12.2 Å². The molecule has 0 saturated heterocycles. The van der Waals surface area contributed by atoms with Crippen LogP contribution in [0, 0.1) is 11.8 Å². The van der Waals surface area contributed by atoms with Crippen molar-refractivity contribution in [3.8, 4) is 0 Å². The lowest BCUT2D eigenvalue weighted by molar-refractivity contribution is -0.161. The summed E-state index contributed by atoms with van der Waals surface area (Å²) in [5, 5.41) is 10.6. The molecule has 6 atom stereocenters. The van der Waals surface area contributed by atoms with E-state index in [0.717, 1.165) is 102 Å². The Morgan fingerprint density at radius 2 is 0.520 bits per heavy atom. The van der Waals surface area contributed by atoms with E-state index in [1.807, 2.05) is 0 Å². The Morgan fingerprint density at radius 3 is 0.776 bits per heavy atom. The lowest BCUT2D eigenvalue weighted by atomic mass is 9.99. The monoisotopic (exact) mass is 1440 g/mol. The van der Waals surface area contributed by atoms with Crippen LogP contribution in [0.2, 0.25) is 0 Å². The average Bonchev–Trinajstić information content (AvgIpc) is 0.958. The molecule has 0 aromatic carbocycles. The first-order chi connectivity index (χ1) is 47.4. The molecule has 19 heteroatoms. The third-order valence-electron chi connectivity index (χ3n) is 18.8. The number of aliphatic hydroxyl groups is 1. The van der Waals surface area contributed by atoms with Gasteiger partial charge in [-0.25, -0.2) is 9.13 Å². The number of esters is 4. The zero-order valence-corrected chi connectivity index (χ0v) is 65.9. The fourth-order valence-electron chi connectivity index (χ4n) is 12.2. The Hall–Kier alpha value is -1.94. The van der Waals surface area contributed by atoms with Crippen molar-refractivity contribution in [2.75, 3.05) is 39.6 Å². The third-order valence-corrected chi connectivity index (χ3v) is 20.7. The number of carbonyl (C=O) groups excluding carboxylic acids is 4. The predicted molar refractivity (Wildman–Crippen MR) is 400 cm³/mol. The minimum absolute atomic E-state index is 0.106. The molecule has 3 unspecified atom stereocenters. The van der Waals surface area contributed by atoms with E-state index in [-0.39, 0.29) is 25.7 Å². The molecule has 17 nitrogen and oxygen atoms in total. The van der Waals surface area contributed by atoms with E-state index in [9.17, 15) is 43.2 Å². The molecular formula is C79H154O17P2. The number of phosphoric ester groups is 2. The van der Waals surface area contributed by atoms with Gasteiger partial charge in [-0.3, -0.25) is 37.3 Å². The molecule has 0 heterocycles. The molecule has 0 saturated carbocycles. The summed E-state index contributed by atoms with van der Waals surface area (Å²) >= 11 is 0. The molecule has 0 radical (unpaired) electrons. The van der Waals surface area contributed by atoms with E-state index >= 15 is 0 Å². The summed E-state index contributed by atoms with van der Waals surface area (Å²) in [6, 6.07) is 0. The number of unbranched alkanes of at least 4 members (excludes halogenated alkanes) is 47. The highest BCUT2D eigenvalue weighted by Gasteiger charge is 2.30. The lowest BCUT2D eigenvalue weighted by Gasteiger charge is -2.21. The Bertz CT molecular complexity index is 1890. The molecule has 0 bridgehead atoms. The van der Waals surface area contributed by atoms with Crippen LogP contribution < -0.4 is 0 Å². The minimum atomic E-state index is -4.96. The molecule has 0 fully saturated rings. The SMILES string of the molecule is CCCCCCCCCCCCCCCCCCCCCC(=O)O[C@H](COC(=O)CCCCCCCCCCCCCCCCC)COP(=O)(O)OC[C@@H](O)COP(=O)(O)OC[C@@H](COC(=O)CCCCCCCCCC(C)C)OC(=O)CCCCCCCCCCCCC(C)CC. The molecule has 0 rings (SSSR count). The van der Waals surface area contributed by atoms with Gasteiger partial charge in [0.1, 0.15) is 19.3 Å². The smallest absolute Gasteiger partial charge is 0.462 e. The summed E-state index contributed by atoms with van der Waals surface area (Å²) in [7, 11) is -9.92. The summed E-state index contributed by atoms with van der Waals surface area (Å²) in [5.41, 5.74) is 0. The van der Waals surface area contributed by atoms with E-state index in [4.69, 9.17) is 37.0 Å². The molecule has 0 amide bonds. The molecule has 0 aliphatic rings. The molecule has 0 aliphatic heterocycles. The van der Waals surface area contributed by atoms with Crippen LogP contribution in [-0.2, 0) is 65.4 Å². The van der Waals surface area contributed by atoms with Gasteiger partial charge in [0.2, 0.25) is 0 Å². The van der Waals surface area contributed by atoms with Gasteiger partial charge in [-0.1, -0.05) is 363 Å². The van der Waals surface area contributed by atoms with Crippen LogP contribution in [0.15, 0.2) is 0 Å². The summed E-state index contributed by atoms with van der Waals surface area (Å²) in [6.45, 7) is 9.59. The minimum Gasteiger partial charge on any atom is -0.462 e. The number of rotatable bonds is 78. The van der Waals surface area contributed by atoms with Gasteiger partial charge in [-0.2, -0.15) is 0 Å². The Kier molecular flexibility index (Phi) is 69.3. The highest BCUT2D eigenvalue weighted by atomic mass is 31.2. The summed E-state index contributed by atoms with van der Waals surface area (Å²) in [6.07, 6.45) is 59.7. The first kappa shape index (κ1) is 96.1. The molecule has 582 valence electrons. The van der Waals surface area contributed by atoms with Gasteiger partial charge >= 0.3 is 39.5 Å². The largest absolute Gasteiger partial charge is 0.472 e. The van der Waals surface area contributed by atoms with Crippen LogP contribution >= 0.6 is 15.6 Å². The first-order valence-electron chi connectivity index (χ1n) is 41.0. The van der Waals surface area contributed by atoms with Gasteiger partial charge in [-0.15, -0.1) is 0 Å². The van der Waals surface area contributed by atoms with E-state index < -0.39 is 97.5 Å². The summed E-state index contributed by atoms with van der Waals surface area (Å²) in [5.74, 6) is -0.604. The average molecular weight is 1440 g/mol. The van der Waals surface area contributed by atoms with Crippen molar-refractivity contribution in [2.45, 2.75) is 432 Å². The van der Waals surface area contributed by atoms with Crippen LogP contribution in [0.25, 0.3) is 0 Å². The third kappa shape index (κ3) is 71.1.